The van der Waals surface area contributed by atoms with Crippen molar-refractivity contribution in [3.63, 3.8) is 0 Å². The van der Waals surface area contributed by atoms with E-state index in [1.54, 1.807) is 0 Å². The smallest absolute Gasteiger partial charge is 0.319 e. The van der Waals surface area contributed by atoms with Crippen LogP contribution in [0, 0.1) is 53.5 Å². The van der Waals surface area contributed by atoms with E-state index in [4.69, 9.17) is 22.6 Å². The van der Waals surface area contributed by atoms with Gasteiger partial charge in [-0.05, 0) is 62.0 Å². The number of terminal acetylenes is 2. The maximum absolute atomic E-state index is 16.9. The number of ether oxygens (including phenoxy) is 1. The number of hydrogen-bond acceptors (Lipinski definition) is 7. The Balaban J connectivity index is 1.40. The Morgan fingerprint density at radius 2 is 1.83 bits per heavy atom. The molecule has 0 aliphatic carbocycles. The molecule has 0 spiro atoms. The maximum atomic E-state index is 16.9. The minimum atomic E-state index is -0.992. The summed E-state index contributed by atoms with van der Waals surface area (Å²) < 4.78 is 54.3. The van der Waals surface area contributed by atoms with E-state index < -0.39 is 28.4 Å². The van der Waals surface area contributed by atoms with Gasteiger partial charge in [0.1, 0.15) is 28.7 Å². The van der Waals surface area contributed by atoms with Gasteiger partial charge in [-0.25, -0.2) is 13.2 Å². The van der Waals surface area contributed by atoms with Crippen LogP contribution in [0.5, 0.6) is 11.8 Å². The fourth-order valence-electron chi connectivity index (χ4n) is 7.74. The third-order valence-electron chi connectivity index (χ3n) is 10.2. The Bertz CT molecular complexity index is 1980. The second-order valence-electron chi connectivity index (χ2n) is 13.3. The lowest BCUT2D eigenvalue weighted by molar-refractivity contribution is 0.0261. The Labute approximate surface area is 272 Å². The first kappa shape index (κ1) is 31.1. The molecule has 0 radical (unpaired) electrons. The zero-order chi connectivity index (χ0) is 33.0. The van der Waals surface area contributed by atoms with Crippen LogP contribution in [0.1, 0.15) is 38.7 Å². The van der Waals surface area contributed by atoms with E-state index in [-0.39, 0.29) is 63.8 Å². The topological polar surface area (TPSA) is 73.8 Å². The molecule has 47 heavy (non-hydrogen) atoms. The first-order valence-corrected chi connectivity index (χ1v) is 16.1. The highest BCUT2D eigenvalue weighted by Crippen LogP contribution is 2.42. The van der Waals surface area contributed by atoms with Gasteiger partial charge >= 0.3 is 6.01 Å². The summed E-state index contributed by atoms with van der Waals surface area (Å²) in [6.07, 6.45) is 14.4. The number of hydrogen-bond donors (Lipinski definition) is 2. The summed E-state index contributed by atoms with van der Waals surface area (Å²) in [5.74, 6) is 2.70. The van der Waals surface area contributed by atoms with Crippen LogP contribution in [0.3, 0.4) is 0 Å². The molecule has 242 valence electrons. The van der Waals surface area contributed by atoms with Crippen LogP contribution in [-0.2, 0) is 0 Å². The molecular weight excluding hydrogens is 603 g/mol. The van der Waals surface area contributed by atoms with Crippen molar-refractivity contribution in [1.29, 1.82) is 0 Å². The molecule has 10 heteroatoms. The summed E-state index contributed by atoms with van der Waals surface area (Å²) in [5, 5.41) is 14.8. The van der Waals surface area contributed by atoms with Crippen LogP contribution >= 0.6 is 0 Å². The fourth-order valence-corrected chi connectivity index (χ4v) is 7.74. The Morgan fingerprint density at radius 3 is 2.53 bits per heavy atom. The largest absolute Gasteiger partial charge is 0.508 e. The minimum Gasteiger partial charge on any atom is -0.508 e. The zero-order valence-electron chi connectivity index (χ0n) is 26.4. The molecule has 1 aromatic heterocycles. The highest BCUT2D eigenvalue weighted by atomic mass is 19.1. The molecule has 3 aliphatic rings. The van der Waals surface area contributed by atoms with Crippen molar-refractivity contribution >= 4 is 27.5 Å². The molecule has 3 saturated heterocycles. The number of aromatic hydroxyl groups is 1. The number of piperidine rings is 1. The van der Waals surface area contributed by atoms with Crippen LogP contribution in [0.2, 0.25) is 0 Å². The predicted octanol–water partition coefficient (Wildman–Crippen LogP) is 5.85. The first-order valence-electron chi connectivity index (χ1n) is 16.1. The van der Waals surface area contributed by atoms with Gasteiger partial charge in [0.05, 0.1) is 17.7 Å². The van der Waals surface area contributed by atoms with Crippen molar-refractivity contribution in [3.8, 4) is 47.6 Å². The number of aromatic nitrogens is 2. The summed E-state index contributed by atoms with van der Waals surface area (Å²) in [6, 6.07) is 6.74. The van der Waals surface area contributed by atoms with Gasteiger partial charge in [0.15, 0.2) is 5.82 Å². The monoisotopic (exact) mass is 639 g/mol. The van der Waals surface area contributed by atoms with Gasteiger partial charge in [-0.3, -0.25) is 0 Å². The molecule has 0 saturated carbocycles. The van der Waals surface area contributed by atoms with E-state index in [0.717, 1.165) is 45.0 Å². The van der Waals surface area contributed by atoms with Crippen LogP contribution in [0.15, 0.2) is 30.3 Å². The summed E-state index contributed by atoms with van der Waals surface area (Å²) in [5.41, 5.74) is -1.29. The maximum Gasteiger partial charge on any atom is 0.319 e. The normalized spacial score (nSPS) is 24.4. The van der Waals surface area contributed by atoms with Crippen LogP contribution in [0.25, 0.3) is 32.8 Å². The average Bonchev–Trinajstić information content (AvgIpc) is 3.40. The number of fused-ring (bicyclic) bond motifs is 4. The van der Waals surface area contributed by atoms with Crippen molar-refractivity contribution in [2.24, 2.45) is 11.3 Å². The van der Waals surface area contributed by atoms with Gasteiger partial charge in [-0.15, -0.1) is 18.8 Å². The first-order chi connectivity index (χ1) is 22.6. The van der Waals surface area contributed by atoms with Crippen LogP contribution in [0.4, 0.5) is 19.0 Å². The fraction of sp³-hybridized carbons (Fsp3) is 0.405. The molecule has 0 amide bonds. The van der Waals surface area contributed by atoms with Crippen molar-refractivity contribution in [2.45, 2.75) is 45.2 Å². The Morgan fingerprint density at radius 1 is 1.06 bits per heavy atom. The quantitative estimate of drug-likeness (QED) is 0.257. The lowest BCUT2D eigenvalue weighted by Gasteiger charge is -2.43. The molecule has 2 N–H and O–H groups in total. The zero-order valence-corrected chi connectivity index (χ0v) is 26.4. The van der Waals surface area contributed by atoms with E-state index >= 15 is 8.78 Å². The Kier molecular flexibility index (Phi) is 7.90. The number of halogens is 3. The standard InChI is InChI=1S/C37H36F3N5O2/c1-5-22-12-13-44(7-3)19-37(22,4)20-47-36-42-34-28(35(43-36)45-17-23-9-10-24(18-45)41-23)16-30(39)32(33(34)40)27-15-25(46)14-21-8-11-29(38)26(6-2)31(21)27/h1-2,8,11,14-16,22-24,41,46H,7,9-10,12-13,17-20H2,3-4H3/t22-,23-,24+,37+/m1/s1. The predicted molar refractivity (Wildman–Crippen MR) is 177 cm³/mol. The van der Waals surface area contributed by atoms with Crippen molar-refractivity contribution in [1.82, 2.24) is 20.2 Å². The number of anilines is 1. The number of rotatable bonds is 6. The van der Waals surface area contributed by atoms with Crippen LogP contribution < -0.4 is 15.0 Å². The molecule has 3 aliphatic heterocycles. The third kappa shape index (κ3) is 5.40. The number of phenolic OH excluding ortho intramolecular Hbond substituents is 1. The molecule has 7 rings (SSSR count). The van der Waals surface area contributed by atoms with Gasteiger partial charge < -0.3 is 25.0 Å². The van der Waals surface area contributed by atoms with Crippen LogP contribution in [-0.4, -0.2) is 71.4 Å². The molecule has 0 unspecified atom stereocenters. The second kappa shape index (κ2) is 11.9. The number of phenols is 1. The summed E-state index contributed by atoms with van der Waals surface area (Å²) in [6.45, 7) is 8.11. The molecular formula is C37H36F3N5O2. The molecule has 7 nitrogen and oxygen atoms in total. The van der Waals surface area contributed by atoms with Crippen molar-refractivity contribution in [3.05, 3.63) is 53.3 Å². The Hall–Kier alpha value is -4.51. The van der Waals surface area contributed by atoms with Crippen molar-refractivity contribution < 1.29 is 23.0 Å². The second-order valence-corrected chi connectivity index (χ2v) is 13.3. The molecule has 2 bridgehead atoms. The SMILES string of the molecule is C#Cc1c(F)ccc2cc(O)cc(-c3c(F)cc4c(N5C[C@H]6CC[C@@H](C5)N6)nc(OC[C@]5(C)CN(CC)CC[C@H]5C#C)nc4c3F)c12. The summed E-state index contributed by atoms with van der Waals surface area (Å²) >= 11 is 0. The van der Waals surface area contributed by atoms with Gasteiger partial charge in [-0.2, -0.15) is 9.97 Å². The average molecular weight is 640 g/mol. The molecule has 4 atom stereocenters. The van der Waals surface area contributed by atoms with Gasteiger partial charge in [-0.1, -0.05) is 25.8 Å². The minimum absolute atomic E-state index is 0.0313. The molecule has 3 aromatic carbocycles. The van der Waals surface area contributed by atoms with Gasteiger partial charge in [0, 0.05) is 59.4 Å². The van der Waals surface area contributed by atoms with E-state index in [0.29, 0.717) is 24.3 Å². The van der Waals surface area contributed by atoms with E-state index in [9.17, 15) is 9.50 Å². The summed E-state index contributed by atoms with van der Waals surface area (Å²) in [7, 11) is 0. The number of benzene rings is 3. The molecule has 3 fully saturated rings. The number of piperazine rings is 1. The van der Waals surface area contributed by atoms with E-state index in [1.807, 2.05) is 4.90 Å². The van der Waals surface area contributed by atoms with Crippen molar-refractivity contribution in [2.75, 3.05) is 44.2 Å². The van der Waals surface area contributed by atoms with Gasteiger partial charge in [0.25, 0.3) is 0 Å². The highest BCUT2D eigenvalue weighted by Gasteiger charge is 2.40. The summed E-state index contributed by atoms with van der Waals surface area (Å²) in [4.78, 5) is 13.6. The molecule has 4 aromatic rings. The third-order valence-corrected chi connectivity index (χ3v) is 10.2. The lowest BCUT2D eigenvalue weighted by atomic mass is 9.73. The number of nitrogens with one attached hydrogen (secondary N) is 1. The molecule has 4 heterocycles. The van der Waals surface area contributed by atoms with E-state index in [2.05, 4.69) is 40.9 Å². The number of likely N-dealkylation sites (tertiary alicyclic amines) is 1. The lowest BCUT2D eigenvalue weighted by Crippen LogP contribution is -2.51. The number of nitrogens with zero attached hydrogens (tertiary/aromatic N) is 4. The van der Waals surface area contributed by atoms with E-state index in [1.165, 1.54) is 24.3 Å². The van der Waals surface area contributed by atoms with Gasteiger partial charge in [0.2, 0.25) is 0 Å². The highest BCUT2D eigenvalue weighted by molar-refractivity contribution is 6.04.